The third-order valence-corrected chi connectivity index (χ3v) is 4.02. The van der Waals surface area contributed by atoms with Crippen molar-refractivity contribution in [2.75, 3.05) is 0 Å². The Morgan fingerprint density at radius 3 is 2.44 bits per heavy atom. The van der Waals surface area contributed by atoms with Crippen LogP contribution in [0.4, 0.5) is 0 Å². The molecule has 0 bridgehead atoms. The van der Waals surface area contributed by atoms with Gasteiger partial charge >= 0.3 is 0 Å². The van der Waals surface area contributed by atoms with Crippen molar-refractivity contribution in [2.24, 2.45) is 7.05 Å². The molecule has 0 aliphatic heterocycles. The van der Waals surface area contributed by atoms with Crippen LogP contribution in [0.5, 0.6) is 0 Å². The minimum atomic E-state index is -3.89. The highest BCUT2D eigenvalue weighted by Gasteiger charge is 2.21. The Morgan fingerprint density at radius 2 is 1.94 bits per heavy atom. The van der Waals surface area contributed by atoms with Crippen molar-refractivity contribution < 1.29 is 8.42 Å². The molecule has 2 rings (SSSR count). The smallest absolute Gasteiger partial charge is 0.296 e. The van der Waals surface area contributed by atoms with Gasteiger partial charge in [0.2, 0.25) is 0 Å². The number of hydrogen-bond donors (Lipinski definition) is 0. The summed E-state index contributed by atoms with van der Waals surface area (Å²) in [5.74, 6) is 0.443. The summed E-state index contributed by atoms with van der Waals surface area (Å²) in [5.41, 5.74) is 1.79. The van der Waals surface area contributed by atoms with Gasteiger partial charge in [0.15, 0.2) is 5.82 Å². The fourth-order valence-corrected chi connectivity index (χ4v) is 3.21. The van der Waals surface area contributed by atoms with Crippen LogP contribution in [0.25, 0.3) is 11.4 Å². The molecule has 0 aliphatic carbocycles. The molecular formula is C10H9BrClN3O2S. The molecule has 96 valence electrons. The van der Waals surface area contributed by atoms with Gasteiger partial charge in [-0.2, -0.15) is 0 Å². The van der Waals surface area contributed by atoms with Crippen LogP contribution in [0.15, 0.2) is 27.8 Å². The summed E-state index contributed by atoms with van der Waals surface area (Å²) in [6, 6.07) is 5.67. The molecule has 0 N–H and O–H groups in total. The van der Waals surface area contributed by atoms with Crippen LogP contribution >= 0.6 is 26.6 Å². The maximum atomic E-state index is 11.3. The van der Waals surface area contributed by atoms with Crippen LogP contribution in [0.3, 0.4) is 0 Å². The second-order valence-corrected chi connectivity index (χ2v) is 7.20. The molecule has 1 aromatic heterocycles. The molecule has 2 aromatic rings. The van der Waals surface area contributed by atoms with Gasteiger partial charge in [0, 0.05) is 27.8 Å². The lowest BCUT2D eigenvalue weighted by atomic mass is 10.1. The van der Waals surface area contributed by atoms with Gasteiger partial charge in [-0.15, -0.1) is 10.2 Å². The van der Waals surface area contributed by atoms with Gasteiger partial charge in [-0.25, -0.2) is 8.42 Å². The Kier molecular flexibility index (Phi) is 3.48. The van der Waals surface area contributed by atoms with Crippen LogP contribution in [0.2, 0.25) is 0 Å². The average molecular weight is 351 g/mol. The van der Waals surface area contributed by atoms with E-state index in [1.54, 1.807) is 7.05 Å². The van der Waals surface area contributed by atoms with E-state index in [0.29, 0.717) is 5.82 Å². The van der Waals surface area contributed by atoms with E-state index in [9.17, 15) is 8.42 Å². The predicted molar refractivity (Wildman–Crippen MR) is 71.9 cm³/mol. The van der Waals surface area contributed by atoms with Crippen molar-refractivity contribution in [3.05, 3.63) is 28.2 Å². The normalized spacial score (nSPS) is 11.8. The maximum absolute atomic E-state index is 11.3. The third-order valence-electron chi connectivity index (χ3n) is 2.35. The summed E-state index contributed by atoms with van der Waals surface area (Å²) in [4.78, 5) is 0. The zero-order chi connectivity index (χ0) is 13.5. The second-order valence-electron chi connectivity index (χ2n) is 3.82. The summed E-state index contributed by atoms with van der Waals surface area (Å²) >= 11 is 3.38. The monoisotopic (exact) mass is 349 g/mol. The van der Waals surface area contributed by atoms with Crippen LogP contribution < -0.4 is 0 Å². The van der Waals surface area contributed by atoms with E-state index in [4.69, 9.17) is 10.7 Å². The highest BCUT2D eigenvalue weighted by molar-refractivity contribution is 9.10. The van der Waals surface area contributed by atoms with Crippen molar-refractivity contribution in [3.8, 4) is 11.4 Å². The molecule has 0 atom stereocenters. The van der Waals surface area contributed by atoms with E-state index in [2.05, 4.69) is 26.1 Å². The van der Waals surface area contributed by atoms with Crippen LogP contribution in [-0.4, -0.2) is 23.2 Å². The Balaban J connectivity index is 2.63. The zero-order valence-corrected chi connectivity index (χ0v) is 12.7. The summed E-state index contributed by atoms with van der Waals surface area (Å²) < 4.78 is 24.8. The molecule has 0 fully saturated rings. The summed E-state index contributed by atoms with van der Waals surface area (Å²) in [6.45, 7) is 1.93. The minimum Gasteiger partial charge on any atom is -0.300 e. The number of hydrogen-bond acceptors (Lipinski definition) is 4. The third kappa shape index (κ3) is 2.57. The molecule has 0 unspecified atom stereocenters. The Labute approximate surface area is 117 Å². The summed E-state index contributed by atoms with van der Waals surface area (Å²) in [7, 11) is 2.93. The first-order valence-corrected chi connectivity index (χ1v) is 8.01. The van der Waals surface area contributed by atoms with Gasteiger partial charge < -0.3 is 0 Å². The molecule has 0 radical (unpaired) electrons. The molecule has 0 amide bonds. The van der Waals surface area contributed by atoms with E-state index in [0.717, 1.165) is 15.6 Å². The predicted octanol–water partition coefficient (Wildman–Crippen LogP) is 2.48. The van der Waals surface area contributed by atoms with Gasteiger partial charge in [-0.05, 0) is 30.7 Å². The first kappa shape index (κ1) is 13.5. The van der Waals surface area contributed by atoms with Crippen LogP contribution in [0.1, 0.15) is 5.56 Å². The quantitative estimate of drug-likeness (QED) is 0.781. The number of halogens is 2. The number of rotatable bonds is 2. The van der Waals surface area contributed by atoms with Crippen molar-refractivity contribution in [1.29, 1.82) is 0 Å². The van der Waals surface area contributed by atoms with Crippen LogP contribution in [-0.2, 0) is 16.1 Å². The van der Waals surface area contributed by atoms with Gasteiger partial charge in [-0.1, -0.05) is 15.9 Å². The van der Waals surface area contributed by atoms with E-state index < -0.39 is 9.05 Å². The molecule has 0 saturated carbocycles. The van der Waals surface area contributed by atoms with E-state index in [-0.39, 0.29) is 5.16 Å². The Bertz CT molecular complexity index is 692. The summed E-state index contributed by atoms with van der Waals surface area (Å²) in [5, 5.41) is 7.20. The molecule has 0 spiro atoms. The molecule has 1 aromatic carbocycles. The standard InChI is InChI=1S/C10H9BrClN3O2S/c1-6-3-7(5-8(11)4-6)9-13-14-10(15(9)2)18(12,16)17/h3-5H,1-2H3. The van der Waals surface area contributed by atoms with Gasteiger partial charge in [0.25, 0.3) is 14.2 Å². The molecule has 18 heavy (non-hydrogen) atoms. The Hall–Kier alpha value is -0.920. The first-order valence-electron chi connectivity index (χ1n) is 4.90. The number of nitrogens with zero attached hydrogens (tertiary/aromatic N) is 3. The lowest BCUT2D eigenvalue weighted by Crippen LogP contribution is -2.02. The molecule has 0 saturated heterocycles. The fraction of sp³-hybridized carbons (Fsp3) is 0.200. The highest BCUT2D eigenvalue weighted by atomic mass is 79.9. The number of aryl methyl sites for hydroxylation is 1. The molecule has 1 heterocycles. The lowest BCUT2D eigenvalue weighted by molar-refractivity contribution is 0.593. The van der Waals surface area contributed by atoms with Gasteiger partial charge in [-0.3, -0.25) is 4.57 Å². The highest BCUT2D eigenvalue weighted by Crippen LogP contribution is 2.25. The largest absolute Gasteiger partial charge is 0.300 e. The topological polar surface area (TPSA) is 64.8 Å². The van der Waals surface area contributed by atoms with Crippen molar-refractivity contribution in [1.82, 2.24) is 14.8 Å². The van der Waals surface area contributed by atoms with Crippen molar-refractivity contribution in [3.63, 3.8) is 0 Å². The molecule has 0 aliphatic rings. The van der Waals surface area contributed by atoms with Gasteiger partial charge in [0.1, 0.15) is 0 Å². The lowest BCUT2D eigenvalue weighted by Gasteiger charge is -2.04. The number of aromatic nitrogens is 3. The maximum Gasteiger partial charge on any atom is 0.296 e. The van der Waals surface area contributed by atoms with Crippen LogP contribution in [0, 0.1) is 6.92 Å². The molecule has 5 nitrogen and oxygen atoms in total. The first-order chi connectivity index (χ1) is 8.29. The zero-order valence-electron chi connectivity index (χ0n) is 9.55. The fourth-order valence-electron chi connectivity index (χ4n) is 1.64. The minimum absolute atomic E-state index is 0.267. The second kappa shape index (κ2) is 4.64. The Morgan fingerprint density at radius 1 is 1.28 bits per heavy atom. The SMILES string of the molecule is Cc1cc(Br)cc(-c2nnc(S(=O)(=O)Cl)n2C)c1. The van der Waals surface area contributed by atoms with Gasteiger partial charge in [0.05, 0.1) is 0 Å². The van der Waals surface area contributed by atoms with Crippen molar-refractivity contribution >= 4 is 35.7 Å². The molecule has 8 heteroatoms. The molecular weight excluding hydrogens is 342 g/mol. The number of benzene rings is 1. The summed E-state index contributed by atoms with van der Waals surface area (Å²) in [6.07, 6.45) is 0. The van der Waals surface area contributed by atoms with E-state index in [1.165, 1.54) is 4.57 Å². The van der Waals surface area contributed by atoms with E-state index >= 15 is 0 Å². The average Bonchev–Trinajstić information content (AvgIpc) is 2.57. The van der Waals surface area contributed by atoms with E-state index in [1.807, 2.05) is 25.1 Å². The van der Waals surface area contributed by atoms with Crippen molar-refractivity contribution in [2.45, 2.75) is 12.1 Å².